The summed E-state index contributed by atoms with van der Waals surface area (Å²) in [5, 5.41) is 8.72. The van der Waals surface area contributed by atoms with Crippen LogP contribution in [-0.4, -0.2) is 48.2 Å². The molecule has 0 radical (unpaired) electrons. The monoisotopic (exact) mass is 593 g/mol. The SMILES string of the molecule is CC(C)Oc1ccc(C(=O)N[C@H](CNC(=O)[C@H](C)NC(=O)OC(C)(C)C)Cc2ccc(-c3ccccc3)cc2)cc1Cl. The summed E-state index contributed by atoms with van der Waals surface area (Å²) in [7, 11) is 0. The largest absolute Gasteiger partial charge is 0.489 e. The van der Waals surface area contributed by atoms with E-state index in [1.165, 1.54) is 0 Å². The minimum atomic E-state index is -0.839. The van der Waals surface area contributed by atoms with Gasteiger partial charge in [-0.25, -0.2) is 4.79 Å². The molecule has 0 spiro atoms. The first-order valence-electron chi connectivity index (χ1n) is 14.0. The molecule has 42 heavy (non-hydrogen) atoms. The fourth-order valence-corrected chi connectivity index (χ4v) is 4.33. The van der Waals surface area contributed by atoms with E-state index in [1.54, 1.807) is 45.9 Å². The van der Waals surface area contributed by atoms with Crippen LogP contribution in [0.4, 0.5) is 4.79 Å². The van der Waals surface area contributed by atoms with Gasteiger partial charge in [-0.05, 0) is 82.9 Å². The standard InChI is InChI=1S/C33H40ClN3O5/c1-21(2)41-29-17-16-26(19-28(29)34)31(39)37-27(20-35-30(38)22(3)36-32(40)42-33(4,5)6)18-23-12-14-25(15-13-23)24-10-8-7-9-11-24/h7-17,19,21-22,27H,18,20H2,1-6H3,(H,35,38)(H,36,40)(H,37,39)/t22-,27-/m0/s1. The number of benzene rings is 3. The lowest BCUT2D eigenvalue weighted by atomic mass is 10.00. The van der Waals surface area contributed by atoms with Crippen molar-refractivity contribution >= 4 is 29.5 Å². The van der Waals surface area contributed by atoms with E-state index in [9.17, 15) is 14.4 Å². The number of nitrogens with one attached hydrogen (secondary N) is 3. The van der Waals surface area contributed by atoms with Gasteiger partial charge in [0.05, 0.1) is 17.2 Å². The highest BCUT2D eigenvalue weighted by Gasteiger charge is 2.23. The highest BCUT2D eigenvalue weighted by molar-refractivity contribution is 6.32. The quantitative estimate of drug-likeness (QED) is 0.247. The molecule has 0 saturated heterocycles. The zero-order valence-corrected chi connectivity index (χ0v) is 25.7. The van der Waals surface area contributed by atoms with Crippen molar-refractivity contribution in [1.82, 2.24) is 16.0 Å². The van der Waals surface area contributed by atoms with Gasteiger partial charge in [-0.15, -0.1) is 0 Å². The van der Waals surface area contributed by atoms with Crippen molar-refractivity contribution < 1.29 is 23.9 Å². The molecule has 3 rings (SSSR count). The Kier molecular flexibility index (Phi) is 11.4. The summed E-state index contributed by atoms with van der Waals surface area (Å²) in [5.74, 6) is -0.247. The third-order valence-corrected chi connectivity index (χ3v) is 6.38. The van der Waals surface area contributed by atoms with Gasteiger partial charge in [0.1, 0.15) is 17.4 Å². The van der Waals surface area contributed by atoms with Gasteiger partial charge in [-0.3, -0.25) is 9.59 Å². The Morgan fingerprint density at radius 3 is 2.10 bits per heavy atom. The highest BCUT2D eigenvalue weighted by atomic mass is 35.5. The van der Waals surface area contributed by atoms with Crippen molar-refractivity contribution in [2.75, 3.05) is 6.54 Å². The molecule has 0 aromatic heterocycles. The summed E-state index contributed by atoms with van der Waals surface area (Å²) < 4.78 is 10.9. The number of hydrogen-bond donors (Lipinski definition) is 3. The summed E-state index contributed by atoms with van der Waals surface area (Å²) in [6, 6.07) is 21.7. The van der Waals surface area contributed by atoms with Crippen molar-refractivity contribution in [2.24, 2.45) is 0 Å². The number of ether oxygens (including phenoxy) is 2. The molecule has 3 N–H and O–H groups in total. The van der Waals surface area contributed by atoms with Crippen LogP contribution in [0.1, 0.15) is 57.5 Å². The Hall–Kier alpha value is -4.04. The normalized spacial score (nSPS) is 12.7. The second-order valence-corrected chi connectivity index (χ2v) is 11.8. The number of carbonyl (C=O) groups is 3. The second kappa shape index (κ2) is 14.7. The van der Waals surface area contributed by atoms with Gasteiger partial charge < -0.3 is 25.4 Å². The van der Waals surface area contributed by atoms with Crippen molar-refractivity contribution in [3.05, 3.63) is 88.9 Å². The van der Waals surface area contributed by atoms with Crippen LogP contribution in [0.2, 0.25) is 5.02 Å². The molecule has 0 unspecified atom stereocenters. The highest BCUT2D eigenvalue weighted by Crippen LogP contribution is 2.26. The molecule has 8 nitrogen and oxygen atoms in total. The molecule has 9 heteroatoms. The summed E-state index contributed by atoms with van der Waals surface area (Å²) in [6.07, 6.45) is -0.289. The van der Waals surface area contributed by atoms with E-state index in [0.29, 0.717) is 22.8 Å². The smallest absolute Gasteiger partial charge is 0.408 e. The predicted molar refractivity (Wildman–Crippen MR) is 166 cm³/mol. The summed E-state index contributed by atoms with van der Waals surface area (Å²) in [4.78, 5) is 38.1. The molecule has 3 amide bonds. The molecule has 0 saturated carbocycles. The zero-order valence-electron chi connectivity index (χ0n) is 25.0. The maximum atomic E-state index is 13.2. The van der Waals surface area contributed by atoms with Crippen LogP contribution < -0.4 is 20.7 Å². The summed E-state index contributed by atoms with van der Waals surface area (Å²) in [6.45, 7) is 10.7. The number of amides is 3. The zero-order chi connectivity index (χ0) is 30.9. The number of hydrogen-bond acceptors (Lipinski definition) is 5. The van der Waals surface area contributed by atoms with E-state index in [4.69, 9.17) is 21.1 Å². The lowest BCUT2D eigenvalue weighted by Crippen LogP contribution is -2.50. The van der Waals surface area contributed by atoms with Gasteiger partial charge in [0.15, 0.2) is 0 Å². The van der Waals surface area contributed by atoms with E-state index >= 15 is 0 Å². The van der Waals surface area contributed by atoms with Gasteiger partial charge in [-0.1, -0.05) is 66.2 Å². The van der Waals surface area contributed by atoms with Crippen LogP contribution in [0.3, 0.4) is 0 Å². The Labute approximate surface area is 253 Å². The van der Waals surface area contributed by atoms with Crippen molar-refractivity contribution in [3.63, 3.8) is 0 Å². The minimum Gasteiger partial charge on any atom is -0.489 e. The molecular weight excluding hydrogens is 554 g/mol. The van der Waals surface area contributed by atoms with Crippen molar-refractivity contribution in [1.29, 1.82) is 0 Å². The lowest BCUT2D eigenvalue weighted by molar-refractivity contribution is -0.122. The van der Waals surface area contributed by atoms with E-state index in [1.807, 2.05) is 68.4 Å². The first-order valence-corrected chi connectivity index (χ1v) is 14.4. The van der Waals surface area contributed by atoms with Gasteiger partial charge >= 0.3 is 6.09 Å². The number of rotatable bonds is 11. The van der Waals surface area contributed by atoms with E-state index in [0.717, 1.165) is 16.7 Å². The maximum absolute atomic E-state index is 13.2. The fourth-order valence-electron chi connectivity index (χ4n) is 4.11. The van der Waals surface area contributed by atoms with Crippen LogP contribution in [-0.2, 0) is 16.0 Å². The fraction of sp³-hybridized carbons (Fsp3) is 0.364. The molecule has 0 bridgehead atoms. The molecule has 0 aliphatic rings. The Balaban J connectivity index is 1.72. The Bertz CT molecular complexity index is 1350. The van der Waals surface area contributed by atoms with E-state index in [-0.39, 0.29) is 18.6 Å². The van der Waals surface area contributed by atoms with Crippen molar-refractivity contribution in [2.45, 2.75) is 71.8 Å². The molecule has 3 aromatic rings. The van der Waals surface area contributed by atoms with Crippen LogP contribution in [0.5, 0.6) is 5.75 Å². The topological polar surface area (TPSA) is 106 Å². The van der Waals surface area contributed by atoms with Gasteiger partial charge in [0.2, 0.25) is 5.91 Å². The lowest BCUT2D eigenvalue weighted by Gasteiger charge is -2.23. The molecule has 224 valence electrons. The number of carbonyl (C=O) groups excluding carboxylic acids is 3. The van der Waals surface area contributed by atoms with Crippen LogP contribution >= 0.6 is 11.6 Å². The number of halogens is 1. The number of alkyl carbamates (subject to hydrolysis) is 1. The maximum Gasteiger partial charge on any atom is 0.408 e. The molecular formula is C33H40ClN3O5. The minimum absolute atomic E-state index is 0.0596. The summed E-state index contributed by atoms with van der Waals surface area (Å²) in [5.41, 5.74) is 2.84. The van der Waals surface area contributed by atoms with Crippen LogP contribution in [0, 0.1) is 0 Å². The molecule has 0 fully saturated rings. The van der Waals surface area contributed by atoms with Crippen LogP contribution in [0.25, 0.3) is 11.1 Å². The van der Waals surface area contributed by atoms with Crippen LogP contribution in [0.15, 0.2) is 72.8 Å². The molecule has 0 aliphatic heterocycles. The van der Waals surface area contributed by atoms with Crippen molar-refractivity contribution in [3.8, 4) is 16.9 Å². The van der Waals surface area contributed by atoms with E-state index in [2.05, 4.69) is 16.0 Å². The Morgan fingerprint density at radius 1 is 0.857 bits per heavy atom. The third kappa shape index (κ3) is 10.4. The Morgan fingerprint density at radius 2 is 1.50 bits per heavy atom. The second-order valence-electron chi connectivity index (χ2n) is 11.4. The van der Waals surface area contributed by atoms with Gasteiger partial charge in [0, 0.05) is 12.1 Å². The summed E-state index contributed by atoms with van der Waals surface area (Å²) >= 11 is 6.36. The van der Waals surface area contributed by atoms with E-state index < -0.39 is 29.7 Å². The first kappa shape index (κ1) is 32.5. The average molecular weight is 594 g/mol. The first-order chi connectivity index (χ1) is 19.8. The van der Waals surface area contributed by atoms with Gasteiger partial charge in [-0.2, -0.15) is 0 Å². The average Bonchev–Trinajstić information content (AvgIpc) is 2.92. The molecule has 0 aliphatic carbocycles. The molecule has 0 heterocycles. The van der Waals surface area contributed by atoms with Gasteiger partial charge in [0.25, 0.3) is 5.91 Å². The molecule has 3 aromatic carbocycles. The third-order valence-electron chi connectivity index (χ3n) is 6.08. The predicted octanol–water partition coefficient (Wildman–Crippen LogP) is 6.16. The molecule has 2 atom stereocenters.